The molecule has 24 heavy (non-hydrogen) atoms. The van der Waals surface area contributed by atoms with Crippen molar-refractivity contribution in [2.45, 2.75) is 51.1 Å². The van der Waals surface area contributed by atoms with Crippen molar-refractivity contribution in [2.24, 2.45) is 16.5 Å². The van der Waals surface area contributed by atoms with Gasteiger partial charge in [-0.15, -0.1) is 11.6 Å². The van der Waals surface area contributed by atoms with Gasteiger partial charge in [0.25, 0.3) is 0 Å². The third kappa shape index (κ3) is 4.02. The molecular weight excluding hydrogens is 324 g/mol. The molecule has 0 amide bonds. The summed E-state index contributed by atoms with van der Waals surface area (Å²) in [6.45, 7) is 4.13. The maximum absolute atomic E-state index is 6.64. The van der Waals surface area contributed by atoms with Crippen molar-refractivity contribution < 1.29 is 4.74 Å². The Balaban J connectivity index is 2.37. The quantitative estimate of drug-likeness (QED) is 0.660. The van der Waals surface area contributed by atoms with Crippen LogP contribution < -0.4 is 21.5 Å². The predicted octanol–water partition coefficient (Wildman–Crippen LogP) is 3.01. The van der Waals surface area contributed by atoms with Crippen LogP contribution in [0.25, 0.3) is 0 Å². The number of aliphatic imine (C=N–C) groups is 1. The van der Waals surface area contributed by atoms with Gasteiger partial charge in [-0.2, -0.15) is 0 Å². The lowest BCUT2D eigenvalue weighted by atomic mass is 9.87. The standard InChI is InChI=1S/C18H27ClN4O/c1-4-5-8-18(21)15(12(2)22-17(20)23-18)10-14-7-6-13(11-19)9-16(14)24-3/h6-7,9H,4-5,8,10-11,21H2,1-3H3,(H3,20,22,23). The van der Waals surface area contributed by atoms with Gasteiger partial charge in [-0.05, 0) is 42.5 Å². The second-order valence-corrected chi connectivity index (χ2v) is 6.48. The van der Waals surface area contributed by atoms with Crippen molar-refractivity contribution in [3.8, 4) is 5.75 Å². The predicted molar refractivity (Wildman–Crippen MR) is 100 cm³/mol. The molecule has 132 valence electrons. The minimum Gasteiger partial charge on any atom is -0.496 e. The van der Waals surface area contributed by atoms with Gasteiger partial charge < -0.3 is 21.5 Å². The molecule has 1 unspecified atom stereocenters. The Kier molecular flexibility index (Phi) is 6.13. The summed E-state index contributed by atoms with van der Waals surface area (Å²) >= 11 is 5.92. The first-order valence-corrected chi connectivity index (χ1v) is 8.80. The molecule has 0 radical (unpaired) electrons. The second kappa shape index (κ2) is 7.90. The van der Waals surface area contributed by atoms with Crippen molar-refractivity contribution in [3.05, 3.63) is 40.6 Å². The Morgan fingerprint density at radius 1 is 1.38 bits per heavy atom. The summed E-state index contributed by atoms with van der Waals surface area (Å²) < 4.78 is 5.53. The number of hydrogen-bond acceptors (Lipinski definition) is 5. The smallest absolute Gasteiger partial charge is 0.195 e. The van der Waals surface area contributed by atoms with E-state index in [2.05, 4.69) is 17.2 Å². The number of alkyl halides is 1. The number of unbranched alkanes of at least 4 members (excludes halogenated alkanes) is 1. The van der Waals surface area contributed by atoms with Gasteiger partial charge in [0.2, 0.25) is 0 Å². The highest BCUT2D eigenvalue weighted by Gasteiger charge is 2.34. The number of halogens is 1. The highest BCUT2D eigenvalue weighted by atomic mass is 35.5. The van der Waals surface area contributed by atoms with Crippen LogP contribution in [0.1, 0.15) is 44.2 Å². The summed E-state index contributed by atoms with van der Waals surface area (Å²) in [7, 11) is 1.67. The van der Waals surface area contributed by atoms with Crippen LogP contribution in [0.3, 0.4) is 0 Å². The van der Waals surface area contributed by atoms with E-state index in [4.69, 9.17) is 27.8 Å². The zero-order chi connectivity index (χ0) is 17.7. The zero-order valence-corrected chi connectivity index (χ0v) is 15.4. The average Bonchev–Trinajstić information content (AvgIpc) is 2.56. The Labute approximate surface area is 149 Å². The van der Waals surface area contributed by atoms with Gasteiger partial charge in [0, 0.05) is 18.0 Å². The maximum atomic E-state index is 6.64. The van der Waals surface area contributed by atoms with E-state index >= 15 is 0 Å². The summed E-state index contributed by atoms with van der Waals surface area (Å²) in [4.78, 5) is 4.51. The first-order valence-electron chi connectivity index (χ1n) is 8.26. The van der Waals surface area contributed by atoms with E-state index in [1.54, 1.807) is 7.11 Å². The first-order chi connectivity index (χ1) is 11.4. The summed E-state index contributed by atoms with van der Waals surface area (Å²) in [6.07, 6.45) is 3.47. The van der Waals surface area contributed by atoms with E-state index in [0.29, 0.717) is 18.3 Å². The molecule has 1 heterocycles. The number of ether oxygens (including phenoxy) is 1. The minimum atomic E-state index is -0.772. The van der Waals surface area contributed by atoms with Gasteiger partial charge in [0.1, 0.15) is 11.4 Å². The minimum absolute atomic E-state index is 0.374. The van der Waals surface area contributed by atoms with Gasteiger partial charge in [-0.3, -0.25) is 0 Å². The average molecular weight is 351 g/mol. The molecule has 1 aromatic carbocycles. The molecule has 1 aromatic rings. The summed E-state index contributed by atoms with van der Waals surface area (Å²) in [6, 6.07) is 6.02. The fourth-order valence-corrected chi connectivity index (χ4v) is 3.22. The monoisotopic (exact) mass is 350 g/mol. The first kappa shape index (κ1) is 18.6. The molecule has 6 heteroatoms. The molecule has 2 rings (SSSR count). The summed E-state index contributed by atoms with van der Waals surface area (Å²) in [5.41, 5.74) is 15.9. The van der Waals surface area contributed by atoms with E-state index in [9.17, 15) is 0 Å². The van der Waals surface area contributed by atoms with Gasteiger partial charge in [-0.25, -0.2) is 4.99 Å². The lowest BCUT2D eigenvalue weighted by Gasteiger charge is -2.34. The second-order valence-electron chi connectivity index (χ2n) is 6.21. The number of rotatable bonds is 7. The SMILES string of the molecule is CCCCC1(N)N=C(N)NC(C)=C1Cc1ccc(CCl)cc1OC. The summed E-state index contributed by atoms with van der Waals surface area (Å²) in [5.74, 6) is 1.64. The topological polar surface area (TPSA) is 85.7 Å². The van der Waals surface area contributed by atoms with Gasteiger partial charge in [-0.1, -0.05) is 25.5 Å². The molecule has 5 N–H and O–H groups in total. The number of methoxy groups -OCH3 is 1. The van der Waals surface area contributed by atoms with E-state index < -0.39 is 5.66 Å². The number of allylic oxidation sites excluding steroid dienone is 1. The molecule has 0 aliphatic carbocycles. The number of nitrogens with one attached hydrogen (secondary N) is 1. The largest absolute Gasteiger partial charge is 0.496 e. The molecule has 0 bridgehead atoms. The van der Waals surface area contributed by atoms with Crippen LogP contribution in [-0.4, -0.2) is 18.7 Å². The van der Waals surface area contributed by atoms with E-state index in [-0.39, 0.29) is 0 Å². The van der Waals surface area contributed by atoms with Crippen LogP contribution in [0.15, 0.2) is 34.5 Å². The number of hydrogen-bond donors (Lipinski definition) is 3. The molecular formula is C18H27ClN4O. The van der Waals surface area contributed by atoms with Crippen molar-refractivity contribution in [1.29, 1.82) is 0 Å². The van der Waals surface area contributed by atoms with Gasteiger partial charge in [0.05, 0.1) is 7.11 Å². The fourth-order valence-electron chi connectivity index (χ4n) is 3.05. The van der Waals surface area contributed by atoms with Crippen LogP contribution in [0, 0.1) is 0 Å². The van der Waals surface area contributed by atoms with E-state index in [1.165, 1.54) is 0 Å². The van der Waals surface area contributed by atoms with Crippen LogP contribution in [-0.2, 0) is 12.3 Å². The van der Waals surface area contributed by atoms with Crippen LogP contribution in [0.5, 0.6) is 5.75 Å². The Morgan fingerprint density at radius 2 is 2.12 bits per heavy atom. The number of nitrogens with two attached hydrogens (primary N) is 2. The van der Waals surface area contributed by atoms with Crippen LogP contribution in [0.4, 0.5) is 0 Å². The molecule has 0 fully saturated rings. The van der Waals surface area contributed by atoms with Crippen molar-refractivity contribution in [1.82, 2.24) is 5.32 Å². The molecule has 0 saturated heterocycles. The van der Waals surface area contributed by atoms with Gasteiger partial charge >= 0.3 is 0 Å². The number of guanidine groups is 1. The Morgan fingerprint density at radius 3 is 2.75 bits per heavy atom. The van der Waals surface area contributed by atoms with Crippen molar-refractivity contribution in [3.63, 3.8) is 0 Å². The number of nitrogens with zero attached hydrogens (tertiary/aromatic N) is 1. The van der Waals surface area contributed by atoms with Crippen molar-refractivity contribution >= 4 is 17.6 Å². The number of benzene rings is 1. The molecule has 1 aliphatic rings. The highest BCUT2D eigenvalue weighted by molar-refractivity contribution is 6.17. The third-order valence-electron chi connectivity index (χ3n) is 4.40. The van der Waals surface area contributed by atoms with Gasteiger partial charge in [0.15, 0.2) is 5.96 Å². The highest BCUT2D eigenvalue weighted by Crippen LogP contribution is 2.33. The zero-order valence-electron chi connectivity index (χ0n) is 14.7. The van der Waals surface area contributed by atoms with Crippen molar-refractivity contribution in [2.75, 3.05) is 7.11 Å². The fraction of sp³-hybridized carbons (Fsp3) is 0.500. The molecule has 0 spiro atoms. The summed E-state index contributed by atoms with van der Waals surface area (Å²) in [5, 5.41) is 3.11. The van der Waals surface area contributed by atoms with Crippen LogP contribution in [0.2, 0.25) is 0 Å². The Hall–Kier alpha value is -1.72. The molecule has 1 aliphatic heterocycles. The normalized spacial score (nSPS) is 20.6. The van der Waals surface area contributed by atoms with Crippen LogP contribution >= 0.6 is 11.6 Å². The third-order valence-corrected chi connectivity index (χ3v) is 4.70. The molecule has 5 nitrogen and oxygen atoms in total. The van der Waals surface area contributed by atoms with E-state index in [0.717, 1.165) is 47.4 Å². The molecule has 0 aromatic heterocycles. The maximum Gasteiger partial charge on any atom is 0.195 e. The lowest BCUT2D eigenvalue weighted by molar-refractivity contribution is 0.405. The molecule has 0 saturated carbocycles. The Bertz CT molecular complexity index is 656. The lowest BCUT2D eigenvalue weighted by Crippen LogP contribution is -2.50. The van der Waals surface area contributed by atoms with E-state index in [1.807, 2.05) is 25.1 Å². The molecule has 1 atom stereocenters.